The molecule has 0 aliphatic rings. The maximum atomic E-state index is 12.5. The predicted octanol–water partition coefficient (Wildman–Crippen LogP) is 3.11. The fourth-order valence-electron chi connectivity index (χ4n) is 2.40. The lowest BCUT2D eigenvalue weighted by molar-refractivity contribution is 0.0600. The smallest absolute Gasteiger partial charge is 0.337 e. The lowest BCUT2D eigenvalue weighted by Gasteiger charge is -2.13. The van der Waals surface area contributed by atoms with Crippen molar-refractivity contribution in [2.75, 3.05) is 12.4 Å². The number of amides is 1. The Bertz CT molecular complexity index is 969. The second-order valence-corrected chi connectivity index (χ2v) is 8.14. The molecule has 2 aromatic rings. The van der Waals surface area contributed by atoms with E-state index in [0.717, 1.165) is 5.56 Å². The maximum Gasteiger partial charge on any atom is 0.337 e. The average molecular weight is 404 g/mol. The fraction of sp³-hybridized carbons (Fsp3) is 0.300. The van der Waals surface area contributed by atoms with E-state index < -0.39 is 21.9 Å². The van der Waals surface area contributed by atoms with Gasteiger partial charge in [-0.05, 0) is 62.2 Å². The molecule has 0 saturated carbocycles. The molecule has 0 aromatic heterocycles. The molecular weight excluding hydrogens is 380 g/mol. The molecule has 1 amide bonds. The molecule has 0 aliphatic carbocycles. The topological polar surface area (TPSA) is 102 Å². The summed E-state index contributed by atoms with van der Waals surface area (Å²) in [6, 6.07) is 10.3. The zero-order valence-corrected chi connectivity index (χ0v) is 17.1. The van der Waals surface area contributed by atoms with Gasteiger partial charge in [0.15, 0.2) is 0 Å². The van der Waals surface area contributed by atoms with Gasteiger partial charge in [0.1, 0.15) is 0 Å². The quantitative estimate of drug-likeness (QED) is 0.691. The minimum atomic E-state index is -3.63. The van der Waals surface area contributed by atoms with Gasteiger partial charge < -0.3 is 10.1 Å². The zero-order chi connectivity index (χ0) is 20.9. The van der Waals surface area contributed by atoms with Gasteiger partial charge >= 0.3 is 5.97 Å². The van der Waals surface area contributed by atoms with Gasteiger partial charge in [0.05, 0.1) is 17.6 Å². The van der Waals surface area contributed by atoms with Crippen LogP contribution >= 0.6 is 0 Å². The van der Waals surface area contributed by atoms with Crippen molar-refractivity contribution in [1.29, 1.82) is 0 Å². The highest BCUT2D eigenvalue weighted by Gasteiger charge is 2.17. The Morgan fingerprint density at radius 1 is 1.07 bits per heavy atom. The number of benzene rings is 2. The monoisotopic (exact) mass is 404 g/mol. The highest BCUT2D eigenvalue weighted by molar-refractivity contribution is 7.89. The molecule has 0 aliphatic heterocycles. The van der Waals surface area contributed by atoms with Crippen molar-refractivity contribution in [2.45, 2.75) is 38.1 Å². The van der Waals surface area contributed by atoms with Crippen LogP contribution in [0.2, 0.25) is 0 Å². The molecule has 0 radical (unpaired) electrons. The summed E-state index contributed by atoms with van der Waals surface area (Å²) < 4.78 is 31.8. The van der Waals surface area contributed by atoms with E-state index >= 15 is 0 Å². The summed E-state index contributed by atoms with van der Waals surface area (Å²) in [5, 5.41) is 2.73. The summed E-state index contributed by atoms with van der Waals surface area (Å²) >= 11 is 0. The summed E-state index contributed by atoms with van der Waals surface area (Å²) in [5.41, 5.74) is 1.87. The van der Waals surface area contributed by atoms with Crippen molar-refractivity contribution < 1.29 is 22.7 Å². The van der Waals surface area contributed by atoms with Gasteiger partial charge in [0, 0.05) is 17.3 Å². The van der Waals surface area contributed by atoms with E-state index in [1.165, 1.54) is 37.4 Å². The molecule has 0 unspecified atom stereocenters. The number of methoxy groups -OCH3 is 1. The minimum Gasteiger partial charge on any atom is -0.465 e. The number of nitrogens with one attached hydrogen (secondary N) is 2. The molecular formula is C20H24N2O5S. The standard InChI is InChI=1S/C20H24N2O5S/c1-5-14(3)22-28(25,26)17-10-8-15(9-11-17)19(23)21-18-12-16(20(24)27-4)7-6-13(18)2/h6-12,14,22H,5H2,1-4H3,(H,21,23)/t14-/m0/s1. The third-order valence-electron chi connectivity index (χ3n) is 4.30. The van der Waals surface area contributed by atoms with Gasteiger partial charge in [0.2, 0.25) is 10.0 Å². The van der Waals surface area contributed by atoms with Crippen molar-refractivity contribution in [1.82, 2.24) is 4.72 Å². The van der Waals surface area contributed by atoms with Gasteiger partial charge in [0.25, 0.3) is 5.91 Å². The number of carbonyl (C=O) groups is 2. The second-order valence-electron chi connectivity index (χ2n) is 6.43. The van der Waals surface area contributed by atoms with Crippen LogP contribution in [0, 0.1) is 6.92 Å². The van der Waals surface area contributed by atoms with E-state index in [9.17, 15) is 18.0 Å². The number of hydrogen-bond donors (Lipinski definition) is 2. The van der Waals surface area contributed by atoms with Crippen LogP contribution in [-0.2, 0) is 14.8 Å². The van der Waals surface area contributed by atoms with E-state index in [0.29, 0.717) is 23.2 Å². The van der Waals surface area contributed by atoms with Crippen LogP contribution in [0.5, 0.6) is 0 Å². The van der Waals surface area contributed by atoms with E-state index in [-0.39, 0.29) is 10.9 Å². The molecule has 0 fully saturated rings. The lowest BCUT2D eigenvalue weighted by Crippen LogP contribution is -2.32. The first-order valence-corrected chi connectivity index (χ1v) is 10.3. The number of carbonyl (C=O) groups excluding carboxylic acids is 2. The summed E-state index contributed by atoms with van der Waals surface area (Å²) in [6.45, 7) is 5.47. The Hall–Kier alpha value is -2.71. The number of aryl methyl sites for hydroxylation is 1. The molecule has 1 atom stereocenters. The van der Waals surface area contributed by atoms with Crippen molar-refractivity contribution in [2.24, 2.45) is 0 Å². The van der Waals surface area contributed by atoms with E-state index in [1.807, 2.05) is 6.92 Å². The molecule has 0 bridgehead atoms. The Morgan fingerprint density at radius 2 is 1.68 bits per heavy atom. The number of esters is 1. The lowest BCUT2D eigenvalue weighted by atomic mass is 10.1. The summed E-state index contributed by atoms with van der Waals surface area (Å²) in [5.74, 6) is -0.914. The third kappa shape index (κ3) is 5.17. The van der Waals surface area contributed by atoms with Crippen LogP contribution in [0.1, 0.15) is 46.5 Å². The zero-order valence-electron chi connectivity index (χ0n) is 16.3. The SMILES string of the molecule is CC[C@H](C)NS(=O)(=O)c1ccc(C(=O)Nc2cc(C(=O)OC)ccc2C)cc1. The molecule has 2 N–H and O–H groups in total. The van der Waals surface area contributed by atoms with Crippen LogP contribution in [0.25, 0.3) is 0 Å². The predicted molar refractivity (Wildman–Crippen MR) is 107 cm³/mol. The Balaban J connectivity index is 2.19. The Morgan fingerprint density at radius 3 is 2.25 bits per heavy atom. The maximum absolute atomic E-state index is 12.5. The van der Waals surface area contributed by atoms with Gasteiger partial charge in [-0.15, -0.1) is 0 Å². The minimum absolute atomic E-state index is 0.0909. The van der Waals surface area contributed by atoms with Gasteiger partial charge in [-0.25, -0.2) is 17.9 Å². The first-order valence-electron chi connectivity index (χ1n) is 8.80. The molecule has 7 nitrogen and oxygen atoms in total. The number of anilines is 1. The third-order valence-corrected chi connectivity index (χ3v) is 5.91. The molecule has 28 heavy (non-hydrogen) atoms. The first kappa shape index (κ1) is 21.6. The first-order chi connectivity index (χ1) is 13.2. The number of ether oxygens (including phenoxy) is 1. The van der Waals surface area contributed by atoms with E-state index in [2.05, 4.69) is 14.8 Å². The number of hydrogen-bond acceptors (Lipinski definition) is 5. The number of sulfonamides is 1. The largest absolute Gasteiger partial charge is 0.465 e. The molecule has 0 spiro atoms. The summed E-state index contributed by atoms with van der Waals surface area (Å²) in [4.78, 5) is 24.3. The van der Waals surface area contributed by atoms with Crippen LogP contribution < -0.4 is 10.0 Å². The van der Waals surface area contributed by atoms with Crippen molar-refractivity contribution in [3.8, 4) is 0 Å². The van der Waals surface area contributed by atoms with E-state index in [1.54, 1.807) is 26.0 Å². The average Bonchev–Trinajstić information content (AvgIpc) is 2.68. The number of rotatable bonds is 7. The normalized spacial score (nSPS) is 12.3. The van der Waals surface area contributed by atoms with Gasteiger partial charge in [-0.3, -0.25) is 4.79 Å². The fourth-order valence-corrected chi connectivity index (χ4v) is 3.72. The second kappa shape index (κ2) is 8.99. The van der Waals surface area contributed by atoms with Crippen molar-refractivity contribution in [3.63, 3.8) is 0 Å². The molecule has 0 heterocycles. The van der Waals surface area contributed by atoms with Crippen molar-refractivity contribution >= 4 is 27.6 Å². The van der Waals surface area contributed by atoms with E-state index in [4.69, 9.17) is 0 Å². The summed E-state index contributed by atoms with van der Waals surface area (Å²) in [6.07, 6.45) is 0.670. The Labute approximate surface area is 165 Å². The summed E-state index contributed by atoms with van der Waals surface area (Å²) in [7, 11) is -2.35. The molecule has 2 rings (SSSR count). The highest BCUT2D eigenvalue weighted by Crippen LogP contribution is 2.19. The van der Waals surface area contributed by atoms with Crippen LogP contribution in [0.3, 0.4) is 0 Å². The Kier molecular flexibility index (Phi) is 6.93. The molecule has 150 valence electrons. The van der Waals surface area contributed by atoms with Crippen LogP contribution in [0.4, 0.5) is 5.69 Å². The molecule has 0 saturated heterocycles. The molecule has 2 aromatic carbocycles. The van der Waals surface area contributed by atoms with Gasteiger partial charge in [-0.1, -0.05) is 13.0 Å². The van der Waals surface area contributed by atoms with Gasteiger partial charge in [-0.2, -0.15) is 0 Å². The highest BCUT2D eigenvalue weighted by atomic mass is 32.2. The van der Waals surface area contributed by atoms with Crippen LogP contribution in [-0.4, -0.2) is 33.4 Å². The molecule has 8 heteroatoms. The van der Waals surface area contributed by atoms with Crippen LogP contribution in [0.15, 0.2) is 47.4 Å². The van der Waals surface area contributed by atoms with Crippen molar-refractivity contribution in [3.05, 3.63) is 59.2 Å².